The smallest absolute Gasteiger partial charge is 0.136 e. The number of furan rings is 1. The van der Waals surface area contributed by atoms with Crippen LogP contribution < -0.4 is 4.90 Å². The van der Waals surface area contributed by atoms with E-state index in [1.54, 1.807) is 0 Å². The highest BCUT2D eigenvalue weighted by atomic mass is 16.3. The molecule has 0 fully saturated rings. The minimum absolute atomic E-state index is 0.146. The topological polar surface area (TPSA) is 16.4 Å². The molecule has 0 spiro atoms. The molecule has 1 aromatic heterocycles. The van der Waals surface area contributed by atoms with Crippen LogP contribution in [0.5, 0.6) is 0 Å². The Morgan fingerprint density at radius 1 is 0.475 bits per heavy atom. The van der Waals surface area contributed by atoms with Gasteiger partial charge in [0.25, 0.3) is 0 Å². The van der Waals surface area contributed by atoms with Crippen LogP contribution in [0.25, 0.3) is 82.9 Å². The van der Waals surface area contributed by atoms with E-state index in [1.165, 1.54) is 93.6 Å². The van der Waals surface area contributed by atoms with Gasteiger partial charge in [0, 0.05) is 38.3 Å². The average molecular weight is 756 g/mol. The largest absolute Gasteiger partial charge is 0.456 e. The van der Waals surface area contributed by atoms with E-state index >= 15 is 0 Å². The number of anilines is 3. The molecule has 0 N–H and O–H groups in total. The van der Waals surface area contributed by atoms with Crippen molar-refractivity contribution in [1.29, 1.82) is 0 Å². The zero-order chi connectivity index (χ0) is 39.2. The van der Waals surface area contributed by atoms with Gasteiger partial charge in [-0.25, -0.2) is 0 Å². The molecule has 0 saturated heterocycles. The molecule has 0 radical (unpaired) electrons. The summed E-state index contributed by atoms with van der Waals surface area (Å²) in [5.74, 6) is 0. The Labute approximate surface area is 344 Å². The van der Waals surface area contributed by atoms with E-state index in [2.05, 4.69) is 207 Å². The Kier molecular flexibility index (Phi) is 7.43. The molecule has 2 aliphatic carbocycles. The Balaban J connectivity index is 1.19. The van der Waals surface area contributed by atoms with Crippen molar-refractivity contribution in [3.05, 3.63) is 204 Å². The second kappa shape index (κ2) is 12.9. The first kappa shape index (κ1) is 33.9. The minimum atomic E-state index is -0.146. The van der Waals surface area contributed by atoms with Gasteiger partial charge in [-0.2, -0.15) is 0 Å². The van der Waals surface area contributed by atoms with Crippen molar-refractivity contribution >= 4 is 66.6 Å². The number of aryl methyl sites for hydroxylation is 1. The van der Waals surface area contributed by atoms with Gasteiger partial charge in [0.15, 0.2) is 0 Å². The first-order valence-corrected chi connectivity index (χ1v) is 20.8. The monoisotopic (exact) mass is 755 g/mol. The number of benzene rings is 9. The number of fused-ring (bicyclic) bond motifs is 13. The highest BCUT2D eigenvalue weighted by Crippen LogP contribution is 2.53. The molecule has 280 valence electrons. The maximum Gasteiger partial charge on any atom is 0.136 e. The van der Waals surface area contributed by atoms with E-state index in [9.17, 15) is 0 Å². The summed E-state index contributed by atoms with van der Waals surface area (Å²) in [5.41, 5.74) is 18.0. The quantitative estimate of drug-likeness (QED) is 0.163. The van der Waals surface area contributed by atoms with Crippen LogP contribution in [0.3, 0.4) is 0 Å². The average Bonchev–Trinajstić information content (AvgIpc) is 3.79. The molecule has 1 heterocycles. The van der Waals surface area contributed by atoms with Gasteiger partial charge in [-0.1, -0.05) is 147 Å². The molecule has 0 amide bonds. The molecule has 10 aromatic rings. The number of hydrogen-bond acceptors (Lipinski definition) is 2. The predicted octanol–water partition coefficient (Wildman–Crippen LogP) is 16.0. The molecular formula is C57H41NO. The van der Waals surface area contributed by atoms with Gasteiger partial charge in [-0.05, 0) is 134 Å². The van der Waals surface area contributed by atoms with Crippen molar-refractivity contribution in [3.8, 4) is 33.4 Å². The van der Waals surface area contributed by atoms with Crippen LogP contribution in [0.2, 0.25) is 0 Å². The normalized spacial score (nSPS) is 13.9. The summed E-state index contributed by atoms with van der Waals surface area (Å²) >= 11 is 0. The van der Waals surface area contributed by atoms with Crippen molar-refractivity contribution in [1.82, 2.24) is 0 Å². The Bertz CT molecular complexity index is 3290. The van der Waals surface area contributed by atoms with E-state index in [4.69, 9.17) is 4.42 Å². The predicted molar refractivity (Wildman–Crippen MR) is 249 cm³/mol. The van der Waals surface area contributed by atoms with Crippen molar-refractivity contribution < 1.29 is 4.42 Å². The van der Waals surface area contributed by atoms with Crippen LogP contribution in [-0.2, 0) is 11.8 Å². The molecule has 0 saturated carbocycles. The van der Waals surface area contributed by atoms with E-state index in [1.807, 2.05) is 0 Å². The summed E-state index contributed by atoms with van der Waals surface area (Å²) in [6.07, 6.45) is 6.69. The van der Waals surface area contributed by atoms with E-state index < -0.39 is 0 Å². The zero-order valence-corrected chi connectivity index (χ0v) is 33.2. The summed E-state index contributed by atoms with van der Waals surface area (Å²) in [6.45, 7) is 4.75. The van der Waals surface area contributed by atoms with Gasteiger partial charge < -0.3 is 9.32 Å². The van der Waals surface area contributed by atoms with Crippen LogP contribution in [0.4, 0.5) is 17.1 Å². The number of nitrogens with zero attached hydrogens (tertiary/aromatic N) is 1. The summed E-state index contributed by atoms with van der Waals surface area (Å²) in [4.78, 5) is 2.55. The van der Waals surface area contributed by atoms with Crippen LogP contribution in [0.1, 0.15) is 42.5 Å². The number of para-hydroxylation sites is 1. The molecule has 0 aliphatic heterocycles. The third kappa shape index (κ3) is 5.12. The van der Waals surface area contributed by atoms with Gasteiger partial charge in [0.05, 0.1) is 5.69 Å². The van der Waals surface area contributed by atoms with Crippen molar-refractivity contribution in [2.45, 2.75) is 32.1 Å². The Morgan fingerprint density at radius 2 is 1.15 bits per heavy atom. The molecule has 12 rings (SSSR count). The van der Waals surface area contributed by atoms with Crippen molar-refractivity contribution in [2.75, 3.05) is 4.90 Å². The molecule has 0 unspecified atom stereocenters. The second-order valence-electron chi connectivity index (χ2n) is 16.7. The summed E-state index contributed by atoms with van der Waals surface area (Å²) in [5, 5.41) is 7.47. The fourth-order valence-electron chi connectivity index (χ4n) is 10.3. The fraction of sp³-hybridized carbons (Fsp3) is 0.0877. The number of rotatable bonds is 5. The Hall–Kier alpha value is -7.16. The maximum atomic E-state index is 6.48. The third-order valence-corrected chi connectivity index (χ3v) is 13.1. The third-order valence-electron chi connectivity index (χ3n) is 13.1. The van der Waals surface area contributed by atoms with E-state index in [0.29, 0.717) is 0 Å². The van der Waals surface area contributed by atoms with Gasteiger partial charge in [0.2, 0.25) is 0 Å². The molecule has 2 aliphatic rings. The molecule has 9 aromatic carbocycles. The molecule has 2 nitrogen and oxygen atoms in total. The number of hydrogen-bond donors (Lipinski definition) is 0. The van der Waals surface area contributed by atoms with Crippen molar-refractivity contribution in [2.24, 2.45) is 0 Å². The van der Waals surface area contributed by atoms with E-state index in [-0.39, 0.29) is 5.41 Å². The van der Waals surface area contributed by atoms with Crippen LogP contribution in [0, 0.1) is 0 Å². The lowest BCUT2D eigenvalue weighted by atomic mass is 9.82. The lowest BCUT2D eigenvalue weighted by Gasteiger charge is -2.31. The SMILES string of the molecule is CC1(C)c2ccccc2-c2ccc(N(c3cc(-c4ccccc4)cc(-c4ccccc4)c3)c3cccc4c3c3c(c5c4ccc4oc6ccccc6c45)C=CCC3)cc21. The molecular weight excluding hydrogens is 715 g/mol. The first-order valence-electron chi connectivity index (χ1n) is 20.8. The van der Waals surface area contributed by atoms with Gasteiger partial charge in [0.1, 0.15) is 11.2 Å². The zero-order valence-electron chi connectivity index (χ0n) is 33.2. The van der Waals surface area contributed by atoms with Gasteiger partial charge in [-0.15, -0.1) is 0 Å². The van der Waals surface area contributed by atoms with Crippen LogP contribution >= 0.6 is 0 Å². The lowest BCUT2D eigenvalue weighted by molar-refractivity contribution is 0.660. The summed E-state index contributed by atoms with van der Waals surface area (Å²) < 4.78 is 6.48. The highest BCUT2D eigenvalue weighted by Gasteiger charge is 2.36. The van der Waals surface area contributed by atoms with Crippen LogP contribution in [0.15, 0.2) is 186 Å². The number of allylic oxidation sites excluding steroid dienone is 1. The summed E-state index contributed by atoms with van der Waals surface area (Å²) in [6, 6.07) is 64.8. The van der Waals surface area contributed by atoms with E-state index in [0.717, 1.165) is 35.4 Å². The fourth-order valence-corrected chi connectivity index (χ4v) is 10.3. The first-order chi connectivity index (χ1) is 29.0. The van der Waals surface area contributed by atoms with Gasteiger partial charge in [-0.3, -0.25) is 0 Å². The Morgan fingerprint density at radius 3 is 1.95 bits per heavy atom. The standard InChI is InChI=1S/C57H41NO/c1-57(2)49-25-13-11-20-42(49)43-29-28-40(35-50(43)57)58(41-33-38(36-16-5-3-6-17-36)32-39(34-41)37-18-7-4-8-19-37)51-26-15-24-45-47-30-31-53-56(48-23-12-14-27-52(48)59-53)55(47)46-22-10-9-21-44(46)54(45)51/h3-8,10-20,22-35H,9,21H2,1-2H3. The molecule has 0 atom stereocenters. The highest BCUT2D eigenvalue weighted by molar-refractivity contribution is 6.28. The van der Waals surface area contributed by atoms with Crippen molar-refractivity contribution in [3.63, 3.8) is 0 Å². The molecule has 59 heavy (non-hydrogen) atoms. The van der Waals surface area contributed by atoms with Crippen LogP contribution in [-0.4, -0.2) is 0 Å². The van der Waals surface area contributed by atoms with Gasteiger partial charge >= 0.3 is 0 Å². The lowest BCUT2D eigenvalue weighted by Crippen LogP contribution is -2.17. The molecule has 0 bridgehead atoms. The second-order valence-corrected chi connectivity index (χ2v) is 16.7. The minimum Gasteiger partial charge on any atom is -0.456 e. The molecule has 2 heteroatoms. The maximum absolute atomic E-state index is 6.48. The summed E-state index contributed by atoms with van der Waals surface area (Å²) in [7, 11) is 0.